The Bertz CT molecular complexity index is 589. The molecule has 2 rings (SSSR count). The molecule has 0 bridgehead atoms. The minimum Gasteiger partial charge on any atom is -0.392 e. The number of halogens is 2. The van der Waals surface area contributed by atoms with Crippen molar-refractivity contribution in [2.45, 2.75) is 24.8 Å². The van der Waals surface area contributed by atoms with Gasteiger partial charge in [-0.05, 0) is 30.0 Å². The molecule has 0 radical (unpaired) electrons. The highest BCUT2D eigenvalue weighted by Gasteiger charge is 2.33. The normalized spacial score (nSPS) is 20.9. The third-order valence-corrected chi connectivity index (χ3v) is 5.11. The molecule has 0 aromatic heterocycles. The van der Waals surface area contributed by atoms with Gasteiger partial charge in [-0.15, -0.1) is 0 Å². The molecule has 4 nitrogen and oxygen atoms in total. The van der Waals surface area contributed by atoms with Crippen LogP contribution < -0.4 is 0 Å². The molecule has 0 amide bonds. The van der Waals surface area contributed by atoms with Crippen molar-refractivity contribution in [3.05, 3.63) is 29.3 Å². The fraction of sp³-hybridized carbons (Fsp3) is 0.500. The Kier molecular flexibility index (Phi) is 3.89. The van der Waals surface area contributed by atoms with Gasteiger partial charge < -0.3 is 5.11 Å². The van der Waals surface area contributed by atoms with Crippen molar-refractivity contribution in [1.29, 1.82) is 0 Å². The van der Waals surface area contributed by atoms with E-state index in [0.717, 1.165) is 16.4 Å². The number of benzene rings is 1. The Morgan fingerprint density at radius 3 is 2.63 bits per heavy atom. The lowest BCUT2D eigenvalue weighted by atomic mass is 10.2. The van der Waals surface area contributed by atoms with Crippen molar-refractivity contribution in [2.24, 2.45) is 5.92 Å². The molecule has 0 aliphatic carbocycles. The predicted octanol–water partition coefficient (Wildman–Crippen LogP) is 1.49. The lowest BCUT2D eigenvalue weighted by Crippen LogP contribution is -2.29. The Hall–Kier alpha value is -1.05. The molecule has 1 aliphatic heterocycles. The van der Waals surface area contributed by atoms with Crippen molar-refractivity contribution in [1.82, 2.24) is 4.31 Å². The van der Waals surface area contributed by atoms with Gasteiger partial charge in [-0.3, -0.25) is 0 Å². The number of nitrogens with zero attached hydrogens (tertiary/aromatic N) is 1. The lowest BCUT2D eigenvalue weighted by Gasteiger charge is -2.17. The summed E-state index contributed by atoms with van der Waals surface area (Å²) in [6, 6.07) is 1.78. The summed E-state index contributed by atoms with van der Waals surface area (Å²) in [5.74, 6) is -2.46. The quantitative estimate of drug-likeness (QED) is 0.918. The number of aliphatic hydroxyl groups excluding tert-OH is 1. The van der Waals surface area contributed by atoms with E-state index >= 15 is 0 Å². The first-order valence-corrected chi connectivity index (χ1v) is 7.39. The summed E-state index contributed by atoms with van der Waals surface area (Å²) in [6.07, 6.45) is 0.697. The Morgan fingerprint density at radius 2 is 2.11 bits per heavy atom. The highest BCUT2D eigenvalue weighted by atomic mass is 32.2. The maximum Gasteiger partial charge on any atom is 0.246 e. The van der Waals surface area contributed by atoms with Crippen molar-refractivity contribution in [2.75, 3.05) is 13.1 Å². The fourth-order valence-corrected chi connectivity index (χ4v) is 3.85. The lowest BCUT2D eigenvalue weighted by molar-refractivity contribution is 0.280. The average Bonchev–Trinajstić information content (AvgIpc) is 2.79. The number of sulfonamides is 1. The number of aliphatic hydroxyl groups is 1. The van der Waals surface area contributed by atoms with Gasteiger partial charge in [-0.25, -0.2) is 17.2 Å². The first-order valence-electron chi connectivity index (χ1n) is 5.95. The number of rotatable bonds is 3. The van der Waals surface area contributed by atoms with E-state index in [-0.39, 0.29) is 11.5 Å². The van der Waals surface area contributed by atoms with Gasteiger partial charge >= 0.3 is 0 Å². The molecule has 1 N–H and O–H groups in total. The highest BCUT2D eigenvalue weighted by Crippen LogP contribution is 2.27. The van der Waals surface area contributed by atoms with Gasteiger partial charge in [-0.1, -0.05) is 6.92 Å². The maximum atomic E-state index is 13.7. The minimum atomic E-state index is -4.05. The summed E-state index contributed by atoms with van der Waals surface area (Å²) in [4.78, 5) is -0.703. The zero-order valence-corrected chi connectivity index (χ0v) is 11.3. The summed E-state index contributed by atoms with van der Waals surface area (Å²) in [7, 11) is -4.05. The van der Waals surface area contributed by atoms with E-state index in [4.69, 9.17) is 5.11 Å². The fourth-order valence-electron chi connectivity index (χ4n) is 2.15. The molecule has 106 valence electrons. The molecule has 19 heavy (non-hydrogen) atoms. The predicted molar refractivity (Wildman–Crippen MR) is 64.8 cm³/mol. The van der Waals surface area contributed by atoms with Crippen LogP contribution in [0.3, 0.4) is 0 Å². The van der Waals surface area contributed by atoms with Crippen LogP contribution >= 0.6 is 0 Å². The topological polar surface area (TPSA) is 57.6 Å². The largest absolute Gasteiger partial charge is 0.392 e. The number of hydrogen-bond acceptors (Lipinski definition) is 3. The monoisotopic (exact) mass is 291 g/mol. The smallest absolute Gasteiger partial charge is 0.246 e. The van der Waals surface area contributed by atoms with Crippen molar-refractivity contribution in [3.63, 3.8) is 0 Å². The van der Waals surface area contributed by atoms with Crippen LogP contribution in [0.1, 0.15) is 18.9 Å². The van der Waals surface area contributed by atoms with Gasteiger partial charge in [-0.2, -0.15) is 4.31 Å². The third-order valence-electron chi connectivity index (χ3n) is 3.24. The molecule has 1 saturated heterocycles. The summed E-state index contributed by atoms with van der Waals surface area (Å²) in [5, 5.41) is 8.95. The summed E-state index contributed by atoms with van der Waals surface area (Å²) in [5.41, 5.74) is 0.0321. The third kappa shape index (κ3) is 2.63. The Balaban J connectivity index is 2.48. The number of hydrogen-bond donors (Lipinski definition) is 1. The van der Waals surface area contributed by atoms with E-state index in [2.05, 4.69) is 0 Å². The van der Waals surface area contributed by atoms with Crippen LogP contribution in [0, 0.1) is 17.6 Å². The first-order chi connectivity index (χ1) is 8.86. The SMILES string of the molecule is CC1CCN(S(=O)(=O)c2cc(CO)cc(F)c2F)C1. The van der Waals surface area contributed by atoms with Crippen LogP contribution in [-0.2, 0) is 16.6 Å². The van der Waals surface area contributed by atoms with Crippen LogP contribution in [0.25, 0.3) is 0 Å². The molecule has 1 aromatic rings. The van der Waals surface area contributed by atoms with Gasteiger partial charge in [0.2, 0.25) is 10.0 Å². The van der Waals surface area contributed by atoms with Crippen LogP contribution in [-0.4, -0.2) is 30.9 Å². The molecular weight excluding hydrogens is 276 g/mol. The Labute approximate surface area is 110 Å². The molecule has 1 fully saturated rings. The standard InChI is InChI=1S/C12H15F2NO3S/c1-8-2-3-15(6-8)19(17,18)11-5-9(7-16)4-10(13)12(11)14/h4-5,8,16H,2-3,6-7H2,1H3. The van der Waals surface area contributed by atoms with Gasteiger partial charge in [0, 0.05) is 13.1 Å². The van der Waals surface area contributed by atoms with Crippen LogP contribution in [0.5, 0.6) is 0 Å². The summed E-state index contributed by atoms with van der Waals surface area (Å²) in [6.45, 7) is 1.95. The van der Waals surface area contributed by atoms with Gasteiger partial charge in [0.1, 0.15) is 4.90 Å². The molecule has 1 aliphatic rings. The first kappa shape index (κ1) is 14.4. The second-order valence-electron chi connectivity index (χ2n) is 4.80. The molecule has 1 heterocycles. The minimum absolute atomic E-state index is 0.0321. The van der Waals surface area contributed by atoms with Crippen molar-refractivity contribution in [3.8, 4) is 0 Å². The molecule has 1 unspecified atom stereocenters. The van der Waals surface area contributed by atoms with E-state index in [1.54, 1.807) is 0 Å². The maximum absolute atomic E-state index is 13.7. The van der Waals surface area contributed by atoms with Crippen LogP contribution in [0.4, 0.5) is 8.78 Å². The van der Waals surface area contributed by atoms with E-state index in [0.29, 0.717) is 19.5 Å². The van der Waals surface area contributed by atoms with E-state index in [1.807, 2.05) is 6.92 Å². The van der Waals surface area contributed by atoms with Gasteiger partial charge in [0.15, 0.2) is 11.6 Å². The molecule has 1 atom stereocenters. The molecular formula is C12H15F2NO3S. The summed E-state index contributed by atoms with van der Waals surface area (Å²) >= 11 is 0. The van der Waals surface area contributed by atoms with Crippen LogP contribution in [0.2, 0.25) is 0 Å². The van der Waals surface area contributed by atoms with Gasteiger partial charge in [0.05, 0.1) is 6.61 Å². The Morgan fingerprint density at radius 1 is 1.42 bits per heavy atom. The molecule has 0 saturated carbocycles. The molecule has 1 aromatic carbocycles. The van der Waals surface area contributed by atoms with E-state index in [9.17, 15) is 17.2 Å². The second kappa shape index (κ2) is 5.15. The highest BCUT2D eigenvalue weighted by molar-refractivity contribution is 7.89. The summed E-state index contributed by atoms with van der Waals surface area (Å²) < 4.78 is 52.7. The zero-order valence-electron chi connectivity index (χ0n) is 10.4. The molecule has 7 heteroatoms. The van der Waals surface area contributed by atoms with E-state index < -0.39 is 33.2 Å². The zero-order chi connectivity index (χ0) is 14.2. The van der Waals surface area contributed by atoms with Crippen LogP contribution in [0.15, 0.2) is 17.0 Å². The molecule has 0 spiro atoms. The van der Waals surface area contributed by atoms with Crippen molar-refractivity contribution < 1.29 is 22.3 Å². The second-order valence-corrected chi connectivity index (χ2v) is 6.71. The van der Waals surface area contributed by atoms with E-state index in [1.165, 1.54) is 0 Å². The van der Waals surface area contributed by atoms with Crippen molar-refractivity contribution >= 4 is 10.0 Å². The van der Waals surface area contributed by atoms with Gasteiger partial charge in [0.25, 0.3) is 0 Å². The average molecular weight is 291 g/mol.